The molecule has 0 atom stereocenters. The zero-order valence-corrected chi connectivity index (χ0v) is 14.5. The van der Waals surface area contributed by atoms with Crippen LogP contribution >= 0.6 is 34.7 Å². The Morgan fingerprint density at radius 3 is 2.95 bits per heavy atom. The zero-order valence-electron chi connectivity index (χ0n) is 12.1. The van der Waals surface area contributed by atoms with Gasteiger partial charge in [-0.25, -0.2) is 4.98 Å². The second-order valence-electron chi connectivity index (χ2n) is 4.39. The maximum atomic E-state index is 5.91. The van der Waals surface area contributed by atoms with E-state index < -0.39 is 0 Å². The summed E-state index contributed by atoms with van der Waals surface area (Å²) in [5.41, 5.74) is 1.59. The zero-order chi connectivity index (χ0) is 15.7. The molecule has 22 heavy (non-hydrogen) atoms. The van der Waals surface area contributed by atoms with Crippen molar-refractivity contribution < 1.29 is 4.84 Å². The fourth-order valence-electron chi connectivity index (χ4n) is 2.05. The third kappa shape index (κ3) is 2.83. The summed E-state index contributed by atoms with van der Waals surface area (Å²) in [6, 6.07) is 1.90. The highest BCUT2D eigenvalue weighted by molar-refractivity contribution is 7.98. The van der Waals surface area contributed by atoms with Crippen LogP contribution in [0.25, 0.3) is 5.78 Å². The topological polar surface area (TPSA) is 69.6 Å². The van der Waals surface area contributed by atoms with Gasteiger partial charge in [0.15, 0.2) is 9.95 Å². The summed E-state index contributed by atoms with van der Waals surface area (Å²) in [6.45, 7) is 2.62. The lowest BCUT2D eigenvalue weighted by Gasteiger charge is -2.10. The molecule has 0 saturated heterocycles. The smallest absolute Gasteiger partial charge is 0.235 e. The van der Waals surface area contributed by atoms with Gasteiger partial charge >= 0.3 is 0 Å². The molecule has 0 spiro atoms. The van der Waals surface area contributed by atoms with Crippen LogP contribution in [0, 0.1) is 6.92 Å². The maximum Gasteiger partial charge on any atom is 0.235 e. The van der Waals surface area contributed by atoms with Gasteiger partial charge in [-0.2, -0.15) is 9.50 Å². The van der Waals surface area contributed by atoms with Gasteiger partial charge in [0.25, 0.3) is 0 Å². The molecule has 0 fully saturated rings. The van der Waals surface area contributed by atoms with E-state index in [9.17, 15) is 0 Å². The van der Waals surface area contributed by atoms with Crippen LogP contribution in [0.5, 0.6) is 0 Å². The van der Waals surface area contributed by atoms with Crippen molar-refractivity contribution in [3.8, 4) is 0 Å². The number of hydrogen-bond acceptors (Lipinski definition) is 7. The minimum atomic E-state index is 0.529. The van der Waals surface area contributed by atoms with Gasteiger partial charge in [-0.05, 0) is 13.2 Å². The molecule has 0 saturated carbocycles. The number of rotatable bonds is 4. The number of fused-ring (bicyclic) bond motifs is 1. The van der Waals surface area contributed by atoms with E-state index in [-0.39, 0.29) is 0 Å². The molecule has 0 unspecified atom stereocenters. The van der Waals surface area contributed by atoms with Crippen molar-refractivity contribution in [1.29, 1.82) is 0 Å². The lowest BCUT2D eigenvalue weighted by molar-refractivity contribution is 0.196. The number of hydrogen-bond donors (Lipinski definition) is 0. The Kier molecular flexibility index (Phi) is 4.37. The molecule has 0 aliphatic carbocycles. The molecule has 3 rings (SSSR count). The Hall–Kier alpha value is -1.58. The molecular weight excluding hydrogens is 344 g/mol. The fraction of sp³-hybridized carbons (Fsp3) is 0.333. The van der Waals surface area contributed by atoms with Crippen LogP contribution in [0.15, 0.2) is 22.6 Å². The molecule has 7 nitrogen and oxygen atoms in total. The van der Waals surface area contributed by atoms with Crippen LogP contribution in [0.2, 0.25) is 4.47 Å². The van der Waals surface area contributed by atoms with Crippen molar-refractivity contribution in [2.45, 2.75) is 18.6 Å². The van der Waals surface area contributed by atoms with Crippen LogP contribution in [-0.2, 0) is 11.4 Å². The number of thiazole rings is 1. The lowest BCUT2D eigenvalue weighted by atomic mass is 10.4. The quantitative estimate of drug-likeness (QED) is 0.529. The van der Waals surface area contributed by atoms with E-state index in [0.29, 0.717) is 27.4 Å². The average Bonchev–Trinajstić information content (AvgIpc) is 3.09. The Morgan fingerprint density at radius 1 is 1.50 bits per heavy atom. The Labute approximate surface area is 139 Å². The molecule has 0 bridgehead atoms. The van der Waals surface area contributed by atoms with E-state index in [4.69, 9.17) is 16.4 Å². The maximum absolute atomic E-state index is 5.91. The number of thioether (sulfide) groups is 1. The second-order valence-corrected chi connectivity index (χ2v) is 6.86. The highest BCUT2D eigenvalue weighted by atomic mass is 35.5. The van der Waals surface area contributed by atoms with Crippen molar-refractivity contribution in [2.75, 3.05) is 13.4 Å². The summed E-state index contributed by atoms with van der Waals surface area (Å²) in [6.07, 6.45) is 3.71. The molecular formula is C12H13ClN6OS2. The fourth-order valence-corrected chi connectivity index (χ4v) is 3.35. The molecule has 3 heterocycles. The third-order valence-corrected chi connectivity index (χ3v) is 4.64. The molecule has 3 aromatic heterocycles. The molecule has 10 heteroatoms. The normalized spacial score (nSPS) is 12.3. The first-order chi connectivity index (χ1) is 10.6. The summed E-state index contributed by atoms with van der Waals surface area (Å²) in [5.74, 6) is 0.699. The highest BCUT2D eigenvalue weighted by Crippen LogP contribution is 2.20. The van der Waals surface area contributed by atoms with E-state index in [1.807, 2.05) is 23.8 Å². The van der Waals surface area contributed by atoms with Crippen LogP contribution in [-0.4, -0.2) is 37.5 Å². The van der Waals surface area contributed by atoms with Crippen LogP contribution < -0.4 is 5.49 Å². The van der Waals surface area contributed by atoms with Crippen molar-refractivity contribution in [3.63, 3.8) is 0 Å². The SMILES string of the molecule is CO/N=c1\cc(C)n(Cc2cnc(Cl)s2)c2nc(SC)nn12. The molecule has 116 valence electrons. The van der Waals surface area contributed by atoms with Crippen molar-refractivity contribution in [1.82, 2.24) is 24.1 Å². The van der Waals surface area contributed by atoms with Gasteiger partial charge in [-0.3, -0.25) is 0 Å². The summed E-state index contributed by atoms with van der Waals surface area (Å²) in [7, 11) is 1.51. The van der Waals surface area contributed by atoms with Crippen LogP contribution in [0.3, 0.4) is 0 Å². The predicted octanol–water partition coefficient (Wildman–Crippen LogP) is 2.18. The minimum Gasteiger partial charge on any atom is -0.397 e. The first-order valence-corrected chi connectivity index (χ1v) is 8.73. The van der Waals surface area contributed by atoms with E-state index in [2.05, 4.69) is 20.2 Å². The van der Waals surface area contributed by atoms with Gasteiger partial charge in [0.05, 0.1) is 6.54 Å². The molecule has 0 amide bonds. The number of halogens is 1. The lowest BCUT2D eigenvalue weighted by Crippen LogP contribution is -2.22. The van der Waals surface area contributed by atoms with E-state index in [0.717, 1.165) is 10.6 Å². The minimum absolute atomic E-state index is 0.529. The largest absolute Gasteiger partial charge is 0.397 e. The van der Waals surface area contributed by atoms with Crippen molar-refractivity contribution in [3.05, 3.63) is 32.8 Å². The van der Waals surface area contributed by atoms with Crippen LogP contribution in [0.1, 0.15) is 10.6 Å². The summed E-state index contributed by atoms with van der Waals surface area (Å²) in [4.78, 5) is 14.6. The van der Waals surface area contributed by atoms with E-state index in [1.54, 1.807) is 10.7 Å². The first kappa shape index (κ1) is 15.3. The van der Waals surface area contributed by atoms with Gasteiger partial charge in [-0.15, -0.1) is 16.4 Å². The van der Waals surface area contributed by atoms with Gasteiger partial charge < -0.3 is 9.40 Å². The summed E-state index contributed by atoms with van der Waals surface area (Å²) >= 11 is 8.83. The third-order valence-electron chi connectivity index (χ3n) is 3.00. The monoisotopic (exact) mass is 356 g/mol. The van der Waals surface area contributed by atoms with E-state index in [1.165, 1.54) is 30.2 Å². The van der Waals surface area contributed by atoms with Crippen molar-refractivity contribution in [2.24, 2.45) is 5.16 Å². The molecule has 0 aromatic carbocycles. The van der Waals surface area contributed by atoms with Crippen molar-refractivity contribution >= 4 is 40.5 Å². The average molecular weight is 357 g/mol. The summed E-state index contributed by atoms with van der Waals surface area (Å²) in [5, 5.41) is 9.11. The van der Waals surface area contributed by atoms with Gasteiger partial charge in [-0.1, -0.05) is 28.5 Å². The molecule has 0 radical (unpaired) electrons. The second kappa shape index (κ2) is 6.27. The molecule has 0 aliphatic rings. The predicted molar refractivity (Wildman–Crippen MR) is 86.3 cm³/mol. The highest BCUT2D eigenvalue weighted by Gasteiger charge is 2.12. The summed E-state index contributed by atoms with van der Waals surface area (Å²) < 4.78 is 4.25. The van der Waals surface area contributed by atoms with Gasteiger partial charge in [0, 0.05) is 22.8 Å². The van der Waals surface area contributed by atoms with Gasteiger partial charge in [0.2, 0.25) is 10.9 Å². The molecule has 0 N–H and O–H groups in total. The Balaban J connectivity index is 2.21. The van der Waals surface area contributed by atoms with Crippen LogP contribution in [0.4, 0.5) is 0 Å². The van der Waals surface area contributed by atoms with E-state index >= 15 is 0 Å². The molecule has 3 aromatic rings. The number of aryl methyl sites for hydroxylation is 1. The molecule has 0 aliphatic heterocycles. The Bertz CT molecular complexity index is 883. The first-order valence-electron chi connectivity index (χ1n) is 6.31. The Morgan fingerprint density at radius 2 is 2.32 bits per heavy atom. The standard InChI is InChI=1S/C12H13ClN6OS2/c1-7-4-9(17-20-2)19-12(15-11(16-19)21-3)18(7)6-8-5-14-10(13)22-8/h4-5H,6H2,1-3H3/b17-9+. The number of nitrogens with zero attached hydrogens (tertiary/aromatic N) is 6. The van der Waals surface area contributed by atoms with Gasteiger partial charge in [0.1, 0.15) is 7.11 Å². The number of aromatic nitrogens is 5.